The van der Waals surface area contributed by atoms with Gasteiger partial charge >= 0.3 is 0 Å². The molecule has 25 heavy (non-hydrogen) atoms. The topological polar surface area (TPSA) is 67.7 Å². The highest BCUT2D eigenvalue weighted by molar-refractivity contribution is 6.30. The van der Waals surface area contributed by atoms with Crippen LogP contribution in [0.5, 0.6) is 0 Å². The molecule has 2 N–H and O–H groups in total. The van der Waals surface area contributed by atoms with Crippen molar-refractivity contribution < 1.29 is 0 Å². The van der Waals surface area contributed by atoms with Gasteiger partial charge in [-0.2, -0.15) is 15.1 Å². The van der Waals surface area contributed by atoms with E-state index in [1.807, 2.05) is 61.6 Å². The molecule has 0 atom stereocenters. The Morgan fingerprint density at radius 2 is 1.72 bits per heavy atom. The molecule has 4 aromatic rings. The van der Waals surface area contributed by atoms with Crippen LogP contribution in [-0.2, 0) is 7.05 Å². The van der Waals surface area contributed by atoms with Crippen molar-refractivity contribution in [3.63, 3.8) is 0 Å². The maximum atomic E-state index is 6.07. The summed E-state index contributed by atoms with van der Waals surface area (Å²) in [6.07, 6.45) is 1.74. The molecule has 2 aromatic heterocycles. The molecule has 124 valence electrons. The number of rotatable bonds is 4. The molecule has 0 saturated carbocycles. The fourth-order valence-corrected chi connectivity index (χ4v) is 2.72. The van der Waals surface area contributed by atoms with E-state index >= 15 is 0 Å². The summed E-state index contributed by atoms with van der Waals surface area (Å²) in [6.45, 7) is 0. The minimum Gasteiger partial charge on any atom is -0.339 e. The zero-order chi connectivity index (χ0) is 17.2. The third-order valence-corrected chi connectivity index (χ3v) is 3.94. The van der Waals surface area contributed by atoms with Crippen molar-refractivity contribution in [3.8, 4) is 0 Å². The quantitative estimate of drug-likeness (QED) is 0.567. The van der Waals surface area contributed by atoms with Gasteiger partial charge in [0.25, 0.3) is 0 Å². The molecule has 0 spiro atoms. The number of hydrogen-bond acceptors (Lipinski definition) is 5. The first-order valence-electron chi connectivity index (χ1n) is 7.73. The van der Waals surface area contributed by atoms with E-state index in [0.717, 1.165) is 22.4 Å². The average molecular weight is 351 g/mol. The summed E-state index contributed by atoms with van der Waals surface area (Å²) in [5, 5.41) is 12.3. The van der Waals surface area contributed by atoms with Crippen molar-refractivity contribution in [1.82, 2.24) is 19.7 Å². The maximum absolute atomic E-state index is 6.07. The van der Waals surface area contributed by atoms with Crippen LogP contribution in [0, 0.1) is 0 Å². The average Bonchev–Trinajstić information content (AvgIpc) is 2.97. The zero-order valence-corrected chi connectivity index (χ0v) is 14.2. The number of nitrogens with one attached hydrogen (secondary N) is 2. The Kier molecular flexibility index (Phi) is 3.95. The summed E-state index contributed by atoms with van der Waals surface area (Å²) in [5.41, 5.74) is 2.50. The molecule has 2 aromatic carbocycles. The van der Waals surface area contributed by atoms with Gasteiger partial charge in [-0.1, -0.05) is 35.9 Å². The summed E-state index contributed by atoms with van der Waals surface area (Å²) in [5.74, 6) is 1.16. The van der Waals surface area contributed by atoms with Crippen LogP contribution >= 0.6 is 11.6 Å². The number of benzene rings is 2. The summed E-state index contributed by atoms with van der Waals surface area (Å²) in [4.78, 5) is 9.17. The van der Waals surface area contributed by atoms with Crippen molar-refractivity contribution in [2.24, 2.45) is 7.05 Å². The van der Waals surface area contributed by atoms with Crippen LogP contribution in [-0.4, -0.2) is 19.7 Å². The number of para-hydroxylation sites is 1. The van der Waals surface area contributed by atoms with E-state index in [4.69, 9.17) is 11.6 Å². The second-order valence-electron chi connectivity index (χ2n) is 5.53. The molecule has 6 nitrogen and oxygen atoms in total. The van der Waals surface area contributed by atoms with E-state index in [1.54, 1.807) is 10.9 Å². The second-order valence-corrected chi connectivity index (χ2v) is 5.96. The Labute approximate surface area is 149 Å². The first-order chi connectivity index (χ1) is 12.2. The highest BCUT2D eigenvalue weighted by Gasteiger charge is 2.12. The fourth-order valence-electron chi connectivity index (χ4n) is 2.53. The number of hydrogen-bond donors (Lipinski definition) is 2. The third-order valence-electron chi connectivity index (χ3n) is 3.71. The number of fused-ring (bicyclic) bond motifs is 1. The summed E-state index contributed by atoms with van der Waals surface area (Å²) in [6, 6.07) is 17.3. The molecule has 0 amide bonds. The highest BCUT2D eigenvalue weighted by atomic mass is 35.5. The smallest absolute Gasteiger partial charge is 0.231 e. The van der Waals surface area contributed by atoms with Gasteiger partial charge < -0.3 is 10.6 Å². The highest BCUT2D eigenvalue weighted by Crippen LogP contribution is 2.27. The summed E-state index contributed by atoms with van der Waals surface area (Å²) >= 11 is 6.07. The molecule has 2 heterocycles. The Morgan fingerprint density at radius 1 is 0.920 bits per heavy atom. The van der Waals surface area contributed by atoms with Crippen LogP contribution in [0.1, 0.15) is 0 Å². The van der Waals surface area contributed by atoms with Gasteiger partial charge in [0.1, 0.15) is 5.82 Å². The molecule has 0 unspecified atom stereocenters. The van der Waals surface area contributed by atoms with Gasteiger partial charge in [0.2, 0.25) is 5.95 Å². The largest absolute Gasteiger partial charge is 0.339 e. The molecular weight excluding hydrogens is 336 g/mol. The van der Waals surface area contributed by atoms with E-state index in [1.165, 1.54) is 0 Å². The fraction of sp³-hybridized carbons (Fsp3) is 0.0556. The molecule has 7 heteroatoms. The molecule has 0 aliphatic rings. The number of nitrogens with zero attached hydrogens (tertiary/aromatic N) is 4. The van der Waals surface area contributed by atoms with Gasteiger partial charge in [-0.15, -0.1) is 0 Å². The molecule has 0 aliphatic carbocycles. The van der Waals surface area contributed by atoms with Gasteiger partial charge in [0, 0.05) is 23.4 Å². The molecule has 0 aliphatic heterocycles. The number of halogens is 1. The standard InChI is InChI=1S/C18H15ClN6/c1-25-17-15(11-20-25)16(21-14-9-5-6-12(19)10-14)23-18(24-17)22-13-7-3-2-4-8-13/h2-11H,1H3,(H2,21,22,23,24). The molecule has 0 saturated heterocycles. The third kappa shape index (κ3) is 3.25. The monoisotopic (exact) mass is 350 g/mol. The van der Waals surface area contributed by atoms with Crippen LogP contribution < -0.4 is 10.6 Å². The molecule has 0 fully saturated rings. The second kappa shape index (κ2) is 6.41. The summed E-state index contributed by atoms with van der Waals surface area (Å²) < 4.78 is 1.72. The molecule has 0 bridgehead atoms. The Morgan fingerprint density at radius 3 is 2.52 bits per heavy atom. The lowest BCUT2D eigenvalue weighted by Gasteiger charge is -2.10. The predicted molar refractivity (Wildman–Crippen MR) is 101 cm³/mol. The van der Waals surface area contributed by atoms with Gasteiger partial charge in [-0.05, 0) is 30.3 Å². The van der Waals surface area contributed by atoms with E-state index in [-0.39, 0.29) is 0 Å². The van der Waals surface area contributed by atoms with Crippen LogP contribution in [0.15, 0.2) is 60.8 Å². The van der Waals surface area contributed by atoms with Gasteiger partial charge in [-0.3, -0.25) is 4.68 Å². The van der Waals surface area contributed by atoms with Gasteiger partial charge in [0.05, 0.1) is 11.6 Å². The van der Waals surface area contributed by atoms with Crippen LogP contribution in [0.4, 0.5) is 23.1 Å². The minimum atomic E-state index is 0.492. The predicted octanol–water partition coefficient (Wildman–Crippen LogP) is 4.50. The first-order valence-corrected chi connectivity index (χ1v) is 8.11. The normalized spacial score (nSPS) is 10.8. The first kappa shape index (κ1) is 15.4. The zero-order valence-electron chi connectivity index (χ0n) is 13.4. The molecule has 0 radical (unpaired) electrons. The number of anilines is 4. The SMILES string of the molecule is Cn1ncc2c(Nc3cccc(Cl)c3)nc(Nc3ccccc3)nc21. The lowest BCUT2D eigenvalue weighted by atomic mass is 10.3. The lowest BCUT2D eigenvalue weighted by Crippen LogP contribution is -2.03. The maximum Gasteiger partial charge on any atom is 0.231 e. The Hall–Kier alpha value is -3.12. The van der Waals surface area contributed by atoms with Crippen molar-refractivity contribution >= 4 is 45.8 Å². The Bertz CT molecular complexity index is 1030. The lowest BCUT2D eigenvalue weighted by molar-refractivity contribution is 0.786. The van der Waals surface area contributed by atoms with E-state index in [9.17, 15) is 0 Å². The number of aromatic nitrogens is 4. The molecule has 4 rings (SSSR count). The van der Waals surface area contributed by atoms with Gasteiger partial charge in [-0.25, -0.2) is 0 Å². The van der Waals surface area contributed by atoms with E-state index in [0.29, 0.717) is 16.8 Å². The summed E-state index contributed by atoms with van der Waals surface area (Å²) in [7, 11) is 1.85. The van der Waals surface area contributed by atoms with Crippen LogP contribution in [0.2, 0.25) is 5.02 Å². The van der Waals surface area contributed by atoms with Crippen molar-refractivity contribution in [2.45, 2.75) is 0 Å². The van der Waals surface area contributed by atoms with Crippen molar-refractivity contribution in [1.29, 1.82) is 0 Å². The number of aryl methyl sites for hydroxylation is 1. The van der Waals surface area contributed by atoms with E-state index in [2.05, 4.69) is 25.7 Å². The van der Waals surface area contributed by atoms with Gasteiger partial charge in [0.15, 0.2) is 5.65 Å². The van der Waals surface area contributed by atoms with Crippen molar-refractivity contribution in [2.75, 3.05) is 10.6 Å². The van der Waals surface area contributed by atoms with Crippen LogP contribution in [0.25, 0.3) is 11.0 Å². The molecular formula is C18H15ClN6. The minimum absolute atomic E-state index is 0.492. The van der Waals surface area contributed by atoms with Crippen molar-refractivity contribution in [3.05, 3.63) is 65.8 Å². The Balaban J connectivity index is 1.76. The van der Waals surface area contributed by atoms with Crippen LogP contribution in [0.3, 0.4) is 0 Å². The van der Waals surface area contributed by atoms with E-state index < -0.39 is 0 Å².